The molecule has 0 spiro atoms. The first-order valence-corrected chi connectivity index (χ1v) is 6.34. The molecule has 2 amide bonds. The first kappa shape index (κ1) is 14.6. The number of benzene rings is 1. The SMILES string of the molecule is CCCNC(=O)CNC(=O)c1cc(F)ccc1Br. The van der Waals surface area contributed by atoms with E-state index in [0.29, 0.717) is 11.0 Å². The summed E-state index contributed by atoms with van der Waals surface area (Å²) in [6.45, 7) is 2.38. The highest BCUT2D eigenvalue weighted by molar-refractivity contribution is 9.10. The van der Waals surface area contributed by atoms with Crippen molar-refractivity contribution in [3.8, 4) is 0 Å². The zero-order valence-corrected chi connectivity index (χ0v) is 11.5. The van der Waals surface area contributed by atoms with Crippen molar-refractivity contribution in [1.29, 1.82) is 0 Å². The molecular weight excluding hydrogens is 303 g/mol. The van der Waals surface area contributed by atoms with Crippen LogP contribution in [0.1, 0.15) is 23.7 Å². The smallest absolute Gasteiger partial charge is 0.252 e. The maximum atomic E-state index is 13.0. The average molecular weight is 317 g/mol. The number of carbonyl (C=O) groups excluding carboxylic acids is 2. The summed E-state index contributed by atoms with van der Waals surface area (Å²) in [7, 11) is 0. The molecule has 0 aromatic heterocycles. The fourth-order valence-corrected chi connectivity index (χ4v) is 1.68. The molecule has 1 aromatic rings. The topological polar surface area (TPSA) is 58.2 Å². The Hall–Kier alpha value is -1.43. The van der Waals surface area contributed by atoms with Crippen LogP contribution in [0, 0.1) is 5.82 Å². The third-order valence-corrected chi connectivity index (χ3v) is 2.85. The number of nitrogens with one attached hydrogen (secondary N) is 2. The molecule has 0 heterocycles. The molecule has 0 aliphatic rings. The van der Waals surface area contributed by atoms with Gasteiger partial charge < -0.3 is 10.6 Å². The molecule has 4 nitrogen and oxygen atoms in total. The van der Waals surface area contributed by atoms with Crippen LogP contribution in [-0.2, 0) is 4.79 Å². The molecule has 0 radical (unpaired) electrons. The minimum absolute atomic E-state index is 0.123. The number of amides is 2. The maximum absolute atomic E-state index is 13.0. The molecular formula is C12H14BrFN2O2. The van der Waals surface area contributed by atoms with E-state index in [1.807, 2.05) is 6.92 Å². The van der Waals surface area contributed by atoms with E-state index < -0.39 is 11.7 Å². The fourth-order valence-electron chi connectivity index (χ4n) is 1.25. The van der Waals surface area contributed by atoms with E-state index in [9.17, 15) is 14.0 Å². The second-order valence-corrected chi connectivity index (χ2v) is 4.51. The lowest BCUT2D eigenvalue weighted by Crippen LogP contribution is -2.37. The molecule has 0 unspecified atom stereocenters. The Morgan fingerprint density at radius 1 is 1.33 bits per heavy atom. The first-order valence-electron chi connectivity index (χ1n) is 5.54. The predicted molar refractivity (Wildman–Crippen MR) is 69.7 cm³/mol. The van der Waals surface area contributed by atoms with Crippen molar-refractivity contribution in [3.05, 3.63) is 34.1 Å². The van der Waals surface area contributed by atoms with Gasteiger partial charge in [-0.3, -0.25) is 9.59 Å². The Morgan fingerprint density at radius 3 is 2.72 bits per heavy atom. The van der Waals surface area contributed by atoms with Gasteiger partial charge in [0, 0.05) is 11.0 Å². The molecule has 1 aromatic carbocycles. The summed E-state index contributed by atoms with van der Waals surface area (Å²) in [6, 6.07) is 3.81. The Kier molecular flexibility index (Phi) is 5.77. The Bertz CT molecular complexity index is 452. The van der Waals surface area contributed by atoms with Gasteiger partial charge >= 0.3 is 0 Å². The zero-order chi connectivity index (χ0) is 13.5. The van der Waals surface area contributed by atoms with Crippen molar-refractivity contribution < 1.29 is 14.0 Å². The van der Waals surface area contributed by atoms with E-state index in [1.54, 1.807) is 0 Å². The molecule has 0 saturated carbocycles. The summed E-state index contributed by atoms with van der Waals surface area (Å²) in [5.74, 6) is -1.26. The summed E-state index contributed by atoms with van der Waals surface area (Å²) >= 11 is 3.15. The van der Waals surface area contributed by atoms with Gasteiger partial charge in [-0.2, -0.15) is 0 Å². The van der Waals surface area contributed by atoms with Crippen LogP contribution < -0.4 is 10.6 Å². The molecule has 6 heteroatoms. The van der Waals surface area contributed by atoms with Crippen molar-refractivity contribution >= 4 is 27.7 Å². The van der Waals surface area contributed by atoms with Gasteiger partial charge in [0.2, 0.25) is 5.91 Å². The maximum Gasteiger partial charge on any atom is 0.252 e. The van der Waals surface area contributed by atoms with Gasteiger partial charge in [0.05, 0.1) is 12.1 Å². The van der Waals surface area contributed by atoms with E-state index in [0.717, 1.165) is 12.5 Å². The molecule has 0 fully saturated rings. The number of hydrogen-bond acceptors (Lipinski definition) is 2. The lowest BCUT2D eigenvalue weighted by Gasteiger charge is -2.07. The highest BCUT2D eigenvalue weighted by atomic mass is 79.9. The molecule has 0 aliphatic heterocycles. The van der Waals surface area contributed by atoms with Gasteiger partial charge in [-0.25, -0.2) is 4.39 Å². The second-order valence-electron chi connectivity index (χ2n) is 3.66. The normalized spacial score (nSPS) is 9.94. The molecule has 0 atom stereocenters. The minimum Gasteiger partial charge on any atom is -0.355 e. The Morgan fingerprint density at radius 2 is 2.06 bits per heavy atom. The second kappa shape index (κ2) is 7.10. The standard InChI is InChI=1S/C12H14BrFN2O2/c1-2-5-15-11(17)7-16-12(18)9-6-8(14)3-4-10(9)13/h3-4,6H,2,5,7H2,1H3,(H,15,17)(H,16,18). The fraction of sp³-hybridized carbons (Fsp3) is 0.333. The van der Waals surface area contributed by atoms with Gasteiger partial charge in [0.15, 0.2) is 0 Å². The van der Waals surface area contributed by atoms with Gasteiger partial charge in [0.1, 0.15) is 5.82 Å². The Balaban J connectivity index is 2.55. The molecule has 0 bridgehead atoms. The monoisotopic (exact) mass is 316 g/mol. The largest absolute Gasteiger partial charge is 0.355 e. The quantitative estimate of drug-likeness (QED) is 0.871. The van der Waals surface area contributed by atoms with Crippen molar-refractivity contribution in [2.45, 2.75) is 13.3 Å². The summed E-state index contributed by atoms with van der Waals surface area (Å²) < 4.78 is 13.5. The van der Waals surface area contributed by atoms with E-state index >= 15 is 0 Å². The van der Waals surface area contributed by atoms with Crippen LogP contribution in [0.15, 0.2) is 22.7 Å². The van der Waals surface area contributed by atoms with E-state index in [1.165, 1.54) is 12.1 Å². The van der Waals surface area contributed by atoms with Gasteiger partial charge in [0.25, 0.3) is 5.91 Å². The number of rotatable bonds is 5. The van der Waals surface area contributed by atoms with Gasteiger partial charge in [-0.05, 0) is 40.5 Å². The van der Waals surface area contributed by atoms with Crippen LogP contribution >= 0.6 is 15.9 Å². The van der Waals surface area contributed by atoms with Crippen LogP contribution in [-0.4, -0.2) is 24.9 Å². The third-order valence-electron chi connectivity index (χ3n) is 2.15. The van der Waals surface area contributed by atoms with E-state index in [2.05, 4.69) is 26.6 Å². The van der Waals surface area contributed by atoms with Crippen LogP contribution in [0.2, 0.25) is 0 Å². The lowest BCUT2D eigenvalue weighted by molar-refractivity contribution is -0.120. The van der Waals surface area contributed by atoms with Crippen molar-refractivity contribution in [3.63, 3.8) is 0 Å². The van der Waals surface area contributed by atoms with Gasteiger partial charge in [-0.15, -0.1) is 0 Å². The minimum atomic E-state index is -0.501. The molecule has 1 rings (SSSR count). The molecule has 0 aliphatic carbocycles. The summed E-state index contributed by atoms with van der Waals surface area (Å²) in [6.07, 6.45) is 0.829. The Labute approximate surface area is 113 Å². The first-order chi connectivity index (χ1) is 8.54. The molecule has 18 heavy (non-hydrogen) atoms. The highest BCUT2D eigenvalue weighted by Gasteiger charge is 2.12. The van der Waals surface area contributed by atoms with Crippen LogP contribution in [0.5, 0.6) is 0 Å². The molecule has 98 valence electrons. The van der Waals surface area contributed by atoms with E-state index in [-0.39, 0.29) is 18.0 Å². The van der Waals surface area contributed by atoms with E-state index in [4.69, 9.17) is 0 Å². The molecule has 2 N–H and O–H groups in total. The molecule has 0 saturated heterocycles. The number of carbonyl (C=O) groups is 2. The summed E-state index contributed by atoms with van der Waals surface area (Å²) in [4.78, 5) is 23.0. The number of hydrogen-bond donors (Lipinski definition) is 2. The van der Waals surface area contributed by atoms with Crippen LogP contribution in [0.4, 0.5) is 4.39 Å². The van der Waals surface area contributed by atoms with Crippen LogP contribution in [0.25, 0.3) is 0 Å². The van der Waals surface area contributed by atoms with Crippen molar-refractivity contribution in [2.75, 3.05) is 13.1 Å². The average Bonchev–Trinajstić information content (AvgIpc) is 2.36. The van der Waals surface area contributed by atoms with Crippen molar-refractivity contribution in [1.82, 2.24) is 10.6 Å². The number of halogens is 2. The lowest BCUT2D eigenvalue weighted by atomic mass is 10.2. The highest BCUT2D eigenvalue weighted by Crippen LogP contribution is 2.17. The van der Waals surface area contributed by atoms with Crippen LogP contribution in [0.3, 0.4) is 0 Å². The predicted octanol–water partition coefficient (Wildman–Crippen LogP) is 1.84. The van der Waals surface area contributed by atoms with Gasteiger partial charge in [-0.1, -0.05) is 6.92 Å². The summed E-state index contributed by atoms with van der Waals surface area (Å²) in [5.41, 5.74) is 0.165. The van der Waals surface area contributed by atoms with Crippen molar-refractivity contribution in [2.24, 2.45) is 0 Å². The zero-order valence-electron chi connectivity index (χ0n) is 9.93. The third kappa shape index (κ3) is 4.44. The summed E-state index contributed by atoms with van der Waals surface area (Å²) in [5, 5.41) is 5.05.